The molecule has 6 nitrogen and oxygen atoms in total. The summed E-state index contributed by atoms with van der Waals surface area (Å²) in [6.07, 6.45) is 0. The molecule has 0 spiro atoms. The molecule has 1 fully saturated rings. The Balaban J connectivity index is 2.53. The summed E-state index contributed by atoms with van der Waals surface area (Å²) in [4.78, 5) is 9.82. The maximum atomic E-state index is 14.0. The van der Waals surface area contributed by atoms with E-state index in [2.05, 4.69) is 0 Å². The second-order valence-electron chi connectivity index (χ2n) is 4.09. The number of carboxylic acid groups (broad SMARTS) is 1. The molecule has 1 heterocycles. The molecule has 20 heavy (non-hydrogen) atoms. The number of halogens is 2. The van der Waals surface area contributed by atoms with Gasteiger partial charge in [0.1, 0.15) is 10.7 Å². The zero-order valence-electron chi connectivity index (χ0n) is 10.2. The van der Waals surface area contributed by atoms with E-state index in [0.29, 0.717) is 12.1 Å². The highest BCUT2D eigenvalue weighted by atomic mass is 32.2. The van der Waals surface area contributed by atoms with Crippen LogP contribution in [0.15, 0.2) is 17.0 Å². The van der Waals surface area contributed by atoms with Gasteiger partial charge in [-0.05, 0) is 12.1 Å². The van der Waals surface area contributed by atoms with E-state index >= 15 is 0 Å². The minimum atomic E-state index is -4.30. The lowest BCUT2D eigenvalue weighted by Gasteiger charge is -2.26. The Morgan fingerprint density at radius 3 is 2.40 bits per heavy atom. The second-order valence-corrected chi connectivity index (χ2v) is 5.99. The van der Waals surface area contributed by atoms with Crippen LogP contribution in [0.2, 0.25) is 0 Å². The summed E-state index contributed by atoms with van der Waals surface area (Å²) in [6, 6.07) is 0.919. The first-order valence-electron chi connectivity index (χ1n) is 5.64. The van der Waals surface area contributed by atoms with E-state index in [4.69, 9.17) is 9.84 Å². The number of carboxylic acids is 1. The smallest absolute Gasteiger partial charge is 0.338 e. The summed E-state index contributed by atoms with van der Waals surface area (Å²) in [5.74, 6) is -4.33. The molecule has 110 valence electrons. The first kappa shape index (κ1) is 14.8. The third-order valence-corrected chi connectivity index (χ3v) is 4.72. The van der Waals surface area contributed by atoms with Crippen LogP contribution in [-0.4, -0.2) is 50.1 Å². The third kappa shape index (κ3) is 2.65. The Morgan fingerprint density at radius 1 is 1.25 bits per heavy atom. The van der Waals surface area contributed by atoms with Gasteiger partial charge in [-0.1, -0.05) is 0 Å². The average molecular weight is 307 g/mol. The molecule has 0 bridgehead atoms. The van der Waals surface area contributed by atoms with Crippen molar-refractivity contribution in [2.24, 2.45) is 0 Å². The summed E-state index contributed by atoms with van der Waals surface area (Å²) in [6.45, 7) is 0.283. The number of hydrogen-bond donors (Lipinski definition) is 1. The Morgan fingerprint density at radius 2 is 1.85 bits per heavy atom. The van der Waals surface area contributed by atoms with E-state index < -0.39 is 38.1 Å². The molecule has 1 N–H and O–H groups in total. The zero-order valence-corrected chi connectivity index (χ0v) is 11.0. The lowest BCUT2D eigenvalue weighted by molar-refractivity contribution is 0.0689. The van der Waals surface area contributed by atoms with Crippen molar-refractivity contribution in [1.29, 1.82) is 0 Å². The summed E-state index contributed by atoms with van der Waals surface area (Å²) >= 11 is 0. The minimum Gasteiger partial charge on any atom is -0.478 e. The van der Waals surface area contributed by atoms with E-state index in [0.717, 1.165) is 4.31 Å². The van der Waals surface area contributed by atoms with Crippen molar-refractivity contribution in [3.8, 4) is 0 Å². The molecule has 9 heteroatoms. The van der Waals surface area contributed by atoms with Gasteiger partial charge in [-0.25, -0.2) is 22.0 Å². The lowest BCUT2D eigenvalue weighted by Crippen LogP contribution is -2.41. The highest BCUT2D eigenvalue weighted by Gasteiger charge is 2.31. The summed E-state index contributed by atoms with van der Waals surface area (Å²) < 4.78 is 57.6. The van der Waals surface area contributed by atoms with E-state index in [9.17, 15) is 22.0 Å². The number of rotatable bonds is 3. The molecule has 0 amide bonds. The molecular weight excluding hydrogens is 296 g/mol. The predicted molar refractivity (Wildman–Crippen MR) is 62.9 cm³/mol. The molecule has 1 aliphatic rings. The summed E-state index contributed by atoms with van der Waals surface area (Å²) in [5.41, 5.74) is -1.02. The van der Waals surface area contributed by atoms with E-state index in [-0.39, 0.29) is 26.3 Å². The van der Waals surface area contributed by atoms with Gasteiger partial charge in [-0.2, -0.15) is 4.31 Å². The second kappa shape index (κ2) is 5.43. The van der Waals surface area contributed by atoms with E-state index in [1.807, 2.05) is 0 Å². The standard InChI is InChI=1S/C11H11F2NO5S/c12-7-5-8(11(15)16)10(13)9(6-7)20(17,18)14-1-3-19-4-2-14/h5-6H,1-4H2,(H,15,16). The molecular formula is C11H11F2NO5S. The molecule has 1 saturated heterocycles. The third-order valence-electron chi connectivity index (χ3n) is 2.82. The highest BCUT2D eigenvalue weighted by molar-refractivity contribution is 7.89. The van der Waals surface area contributed by atoms with Gasteiger partial charge in [0.05, 0.1) is 18.8 Å². The Kier molecular flexibility index (Phi) is 4.02. The fraction of sp³-hybridized carbons (Fsp3) is 0.364. The van der Waals surface area contributed by atoms with Crippen LogP contribution in [0, 0.1) is 11.6 Å². The first-order valence-corrected chi connectivity index (χ1v) is 7.08. The van der Waals surface area contributed by atoms with Crippen LogP contribution in [0.1, 0.15) is 10.4 Å². The molecule has 0 atom stereocenters. The Labute approximate surface area is 113 Å². The fourth-order valence-corrected chi connectivity index (χ4v) is 3.34. The van der Waals surface area contributed by atoms with E-state index in [1.54, 1.807) is 0 Å². The molecule has 0 radical (unpaired) electrons. The number of aromatic carboxylic acids is 1. The van der Waals surface area contributed by atoms with Gasteiger partial charge >= 0.3 is 5.97 Å². The summed E-state index contributed by atoms with van der Waals surface area (Å²) in [5, 5.41) is 8.76. The van der Waals surface area contributed by atoms with Crippen molar-refractivity contribution in [3.63, 3.8) is 0 Å². The van der Waals surface area contributed by atoms with Crippen molar-refractivity contribution in [2.75, 3.05) is 26.3 Å². The van der Waals surface area contributed by atoms with Gasteiger partial charge in [0.25, 0.3) is 0 Å². The van der Waals surface area contributed by atoms with Crippen molar-refractivity contribution in [2.45, 2.75) is 4.90 Å². The van der Waals surface area contributed by atoms with Gasteiger partial charge in [-0.3, -0.25) is 0 Å². The maximum absolute atomic E-state index is 14.0. The zero-order chi connectivity index (χ0) is 14.9. The average Bonchev–Trinajstić information content (AvgIpc) is 2.41. The van der Waals surface area contributed by atoms with Crippen LogP contribution < -0.4 is 0 Å². The normalized spacial score (nSPS) is 17.1. The number of nitrogens with zero attached hydrogens (tertiary/aromatic N) is 1. The maximum Gasteiger partial charge on any atom is 0.338 e. The van der Waals surface area contributed by atoms with Gasteiger partial charge < -0.3 is 9.84 Å². The van der Waals surface area contributed by atoms with Crippen LogP contribution in [0.3, 0.4) is 0 Å². The van der Waals surface area contributed by atoms with Crippen molar-refractivity contribution in [1.82, 2.24) is 4.31 Å². The molecule has 0 aromatic heterocycles. The number of hydrogen-bond acceptors (Lipinski definition) is 4. The fourth-order valence-electron chi connectivity index (χ4n) is 1.83. The van der Waals surface area contributed by atoms with Crippen molar-refractivity contribution >= 4 is 16.0 Å². The van der Waals surface area contributed by atoms with Crippen molar-refractivity contribution in [3.05, 3.63) is 29.3 Å². The van der Waals surface area contributed by atoms with Crippen LogP contribution in [-0.2, 0) is 14.8 Å². The SMILES string of the molecule is O=C(O)c1cc(F)cc(S(=O)(=O)N2CCOCC2)c1F. The molecule has 0 unspecified atom stereocenters. The molecule has 1 aromatic carbocycles. The monoisotopic (exact) mass is 307 g/mol. The van der Waals surface area contributed by atoms with Crippen molar-refractivity contribution < 1.29 is 31.8 Å². The van der Waals surface area contributed by atoms with Crippen LogP contribution in [0.4, 0.5) is 8.78 Å². The minimum absolute atomic E-state index is 0.000686. The topological polar surface area (TPSA) is 83.9 Å². The Hall–Kier alpha value is -1.58. The first-order chi connectivity index (χ1) is 9.34. The lowest BCUT2D eigenvalue weighted by atomic mass is 10.2. The number of ether oxygens (including phenoxy) is 1. The quantitative estimate of drug-likeness (QED) is 0.888. The van der Waals surface area contributed by atoms with Gasteiger partial charge in [0.2, 0.25) is 10.0 Å². The molecule has 0 aliphatic carbocycles. The van der Waals surface area contributed by atoms with Gasteiger partial charge in [-0.15, -0.1) is 0 Å². The molecule has 0 saturated carbocycles. The number of sulfonamides is 1. The van der Waals surface area contributed by atoms with Gasteiger partial charge in [0.15, 0.2) is 5.82 Å². The molecule has 2 rings (SSSR count). The van der Waals surface area contributed by atoms with E-state index in [1.165, 1.54) is 0 Å². The number of benzene rings is 1. The summed E-state index contributed by atoms with van der Waals surface area (Å²) in [7, 11) is -4.30. The highest BCUT2D eigenvalue weighted by Crippen LogP contribution is 2.24. The van der Waals surface area contributed by atoms with Crippen LogP contribution >= 0.6 is 0 Å². The Bertz CT molecular complexity index is 640. The van der Waals surface area contributed by atoms with Crippen LogP contribution in [0.5, 0.6) is 0 Å². The van der Waals surface area contributed by atoms with Gasteiger partial charge in [0, 0.05) is 13.1 Å². The molecule has 1 aliphatic heterocycles. The van der Waals surface area contributed by atoms with Crippen LogP contribution in [0.25, 0.3) is 0 Å². The largest absolute Gasteiger partial charge is 0.478 e. The predicted octanol–water partition coefficient (Wildman–Crippen LogP) is 0.684. The molecule has 1 aromatic rings. The number of carbonyl (C=O) groups is 1. The number of morpholine rings is 1.